The number of benzene rings is 4. The summed E-state index contributed by atoms with van der Waals surface area (Å²) in [6.45, 7) is 0. The van der Waals surface area contributed by atoms with E-state index >= 15 is 0 Å². The lowest BCUT2D eigenvalue weighted by molar-refractivity contribution is 0.0698. The molecule has 0 bridgehead atoms. The third-order valence-electron chi connectivity index (χ3n) is 5.46. The van der Waals surface area contributed by atoms with Crippen LogP contribution in [0.4, 0.5) is 0 Å². The third kappa shape index (κ3) is 8.55. The van der Waals surface area contributed by atoms with Gasteiger partial charge in [-0.3, -0.25) is 0 Å². The van der Waals surface area contributed by atoms with Gasteiger partial charge in [0.25, 0.3) is 0 Å². The van der Waals surface area contributed by atoms with E-state index in [1.807, 2.05) is 0 Å². The minimum atomic E-state index is -4.77. The highest BCUT2D eigenvalue weighted by Gasteiger charge is 2.25. The SMILES string of the molecule is COc1c(OC(=O)c2ccc(I)cc2)cc(C(=O)Oc2cc(I)c(S(=O)(=O)[O-])c(I)c2)cc1OC(=O)c1ccc(I)cc1. The maximum atomic E-state index is 13.3. The second-order valence-corrected chi connectivity index (χ2v) is 14.5. The quantitative estimate of drug-likeness (QED) is 0.0812. The molecule has 10 nitrogen and oxygen atoms in total. The Kier molecular flexibility index (Phi) is 11.3. The summed E-state index contributed by atoms with van der Waals surface area (Å²) in [6, 6.07) is 17.9. The number of methoxy groups -OCH3 is 1. The first-order valence-electron chi connectivity index (χ1n) is 11.6. The number of hydrogen-bond acceptors (Lipinski definition) is 10. The molecule has 4 rings (SSSR count). The minimum absolute atomic E-state index is 0.0521. The largest absolute Gasteiger partial charge is 0.744 e. The van der Waals surface area contributed by atoms with E-state index in [1.54, 1.807) is 93.7 Å². The molecule has 43 heavy (non-hydrogen) atoms. The van der Waals surface area contributed by atoms with Crippen molar-refractivity contribution in [3.05, 3.63) is 104 Å². The van der Waals surface area contributed by atoms with E-state index in [0.717, 1.165) is 7.14 Å². The van der Waals surface area contributed by atoms with Crippen molar-refractivity contribution in [2.24, 2.45) is 0 Å². The lowest BCUT2D eigenvalue weighted by Crippen LogP contribution is -2.15. The van der Waals surface area contributed by atoms with Gasteiger partial charge in [0.05, 0.1) is 28.7 Å². The second kappa shape index (κ2) is 14.3. The molecule has 15 heteroatoms. The molecule has 0 saturated carbocycles. The van der Waals surface area contributed by atoms with Crippen LogP contribution >= 0.6 is 90.4 Å². The zero-order valence-electron chi connectivity index (χ0n) is 21.4. The molecule has 4 aromatic carbocycles. The van der Waals surface area contributed by atoms with E-state index in [-0.39, 0.29) is 46.8 Å². The van der Waals surface area contributed by atoms with Crippen LogP contribution in [0.2, 0.25) is 0 Å². The number of esters is 3. The first-order chi connectivity index (χ1) is 20.3. The maximum Gasteiger partial charge on any atom is 0.343 e. The van der Waals surface area contributed by atoms with Gasteiger partial charge in [-0.25, -0.2) is 22.8 Å². The normalized spacial score (nSPS) is 11.0. The molecular weight excluding hydrogens is 1040 g/mol. The first kappa shape index (κ1) is 33.8. The van der Waals surface area contributed by atoms with Crippen molar-refractivity contribution in [1.29, 1.82) is 0 Å². The number of carbonyl (C=O) groups excluding carboxylic acids is 3. The predicted molar refractivity (Wildman–Crippen MR) is 186 cm³/mol. The Hall–Kier alpha value is -2.08. The van der Waals surface area contributed by atoms with Gasteiger partial charge in [-0.2, -0.15) is 0 Å². The Morgan fingerprint density at radius 2 is 1.02 bits per heavy atom. The van der Waals surface area contributed by atoms with Crippen molar-refractivity contribution < 1.29 is 46.3 Å². The van der Waals surface area contributed by atoms with Crippen molar-refractivity contribution >= 4 is 118 Å². The van der Waals surface area contributed by atoms with E-state index in [1.165, 1.54) is 31.4 Å². The minimum Gasteiger partial charge on any atom is -0.744 e. The van der Waals surface area contributed by atoms with Gasteiger partial charge in [0.15, 0.2) is 11.5 Å². The van der Waals surface area contributed by atoms with Crippen molar-refractivity contribution in [1.82, 2.24) is 0 Å². The summed E-state index contributed by atoms with van der Waals surface area (Å²) < 4.78 is 58.7. The summed E-state index contributed by atoms with van der Waals surface area (Å²) in [4.78, 5) is 38.8. The summed E-state index contributed by atoms with van der Waals surface area (Å²) in [6.07, 6.45) is 0. The molecule has 0 fully saturated rings. The molecule has 0 amide bonds. The van der Waals surface area contributed by atoms with Crippen LogP contribution < -0.4 is 18.9 Å². The van der Waals surface area contributed by atoms with Crippen molar-refractivity contribution in [3.63, 3.8) is 0 Å². The van der Waals surface area contributed by atoms with E-state index in [9.17, 15) is 27.4 Å². The first-order valence-corrected chi connectivity index (χ1v) is 17.3. The van der Waals surface area contributed by atoms with Crippen molar-refractivity contribution in [2.45, 2.75) is 4.90 Å². The maximum absolute atomic E-state index is 13.3. The van der Waals surface area contributed by atoms with Gasteiger partial charge < -0.3 is 23.5 Å². The molecule has 0 aliphatic rings. The Balaban J connectivity index is 1.74. The fraction of sp³-hybridized carbons (Fsp3) is 0.0357. The smallest absolute Gasteiger partial charge is 0.343 e. The van der Waals surface area contributed by atoms with Gasteiger partial charge >= 0.3 is 17.9 Å². The van der Waals surface area contributed by atoms with Gasteiger partial charge in [0, 0.05) is 14.3 Å². The average Bonchev–Trinajstić information content (AvgIpc) is 2.92. The molecule has 0 N–H and O–H groups in total. The van der Waals surface area contributed by atoms with Gasteiger partial charge in [-0.15, -0.1) is 0 Å². The van der Waals surface area contributed by atoms with E-state index in [0.29, 0.717) is 0 Å². The van der Waals surface area contributed by atoms with Gasteiger partial charge in [0.1, 0.15) is 15.9 Å². The molecule has 0 radical (unpaired) electrons. The summed E-state index contributed by atoms with van der Waals surface area (Å²) in [5, 5.41) is 0. The number of carbonyl (C=O) groups is 3. The fourth-order valence-corrected chi connectivity index (χ4v) is 8.18. The molecule has 0 unspecified atom stereocenters. The van der Waals surface area contributed by atoms with E-state index < -0.39 is 32.9 Å². The van der Waals surface area contributed by atoms with Gasteiger partial charge in [0.2, 0.25) is 5.75 Å². The van der Waals surface area contributed by atoms with Crippen LogP contribution in [-0.2, 0) is 10.1 Å². The fourth-order valence-electron chi connectivity index (χ4n) is 3.54. The zero-order chi connectivity index (χ0) is 31.5. The van der Waals surface area contributed by atoms with Crippen LogP contribution in [0, 0.1) is 14.3 Å². The Morgan fingerprint density at radius 3 is 1.40 bits per heavy atom. The van der Waals surface area contributed by atoms with E-state index in [4.69, 9.17) is 18.9 Å². The molecule has 0 aliphatic carbocycles. The molecule has 0 aromatic heterocycles. The Morgan fingerprint density at radius 1 is 0.628 bits per heavy atom. The molecular formula is C28H15I4O10S-. The molecule has 0 atom stereocenters. The number of ether oxygens (including phenoxy) is 4. The average molecular weight is 1050 g/mol. The van der Waals surface area contributed by atoms with Gasteiger partial charge in [-0.05, 0) is 163 Å². The standard InChI is InChI=1S/C28H16I4O10S/c1-39-24-22(41-26(33)14-2-6-17(29)7-3-14)10-16(11-23(24)42-27(34)15-4-8-18(30)9-5-15)28(35)40-19-12-20(31)25(21(32)13-19)43(36,37)38/h2-13H,1H3,(H,36,37,38)/p-1. The monoisotopic (exact) mass is 1050 g/mol. The van der Waals surface area contributed by atoms with Crippen LogP contribution in [0.25, 0.3) is 0 Å². The topological polar surface area (TPSA) is 145 Å². The van der Waals surface area contributed by atoms with Crippen LogP contribution in [0.1, 0.15) is 31.1 Å². The molecule has 0 saturated heterocycles. The van der Waals surface area contributed by atoms with E-state index in [2.05, 4.69) is 45.2 Å². The highest BCUT2D eigenvalue weighted by Crippen LogP contribution is 2.40. The lowest BCUT2D eigenvalue weighted by Gasteiger charge is -2.16. The number of halogens is 4. The number of rotatable bonds is 8. The van der Waals surface area contributed by atoms with Crippen LogP contribution in [-0.4, -0.2) is 38.0 Å². The summed E-state index contributed by atoms with van der Waals surface area (Å²) in [5.74, 6) is -3.17. The lowest BCUT2D eigenvalue weighted by atomic mass is 10.1. The summed E-state index contributed by atoms with van der Waals surface area (Å²) in [5.41, 5.74) is 0.234. The van der Waals surface area contributed by atoms with Crippen LogP contribution in [0.3, 0.4) is 0 Å². The summed E-state index contributed by atoms with van der Waals surface area (Å²) >= 11 is 7.48. The van der Waals surface area contributed by atoms with Crippen LogP contribution in [0.15, 0.2) is 77.7 Å². The van der Waals surface area contributed by atoms with Crippen molar-refractivity contribution in [3.8, 4) is 23.0 Å². The third-order valence-corrected chi connectivity index (χ3v) is 10.3. The molecule has 4 aromatic rings. The zero-order valence-corrected chi connectivity index (χ0v) is 30.9. The molecule has 222 valence electrons. The molecule has 0 heterocycles. The van der Waals surface area contributed by atoms with Gasteiger partial charge in [-0.1, -0.05) is 0 Å². The highest BCUT2D eigenvalue weighted by atomic mass is 127. The second-order valence-electron chi connectivity index (χ2n) is 8.36. The molecule has 0 spiro atoms. The van der Waals surface area contributed by atoms with Crippen LogP contribution in [0.5, 0.6) is 23.0 Å². The summed E-state index contributed by atoms with van der Waals surface area (Å²) in [7, 11) is -3.50. The Bertz CT molecular complexity index is 1740. The Labute approximate surface area is 300 Å². The molecule has 0 aliphatic heterocycles. The highest BCUT2D eigenvalue weighted by molar-refractivity contribution is 14.1. The predicted octanol–water partition coefficient (Wildman–Crippen LogP) is 6.68. The number of hydrogen-bond donors (Lipinski definition) is 0. The van der Waals surface area contributed by atoms with Crippen molar-refractivity contribution in [2.75, 3.05) is 7.11 Å².